The predicted molar refractivity (Wildman–Crippen MR) is 113 cm³/mol. The molecule has 0 unspecified atom stereocenters. The van der Waals surface area contributed by atoms with Gasteiger partial charge in [0.1, 0.15) is 0 Å². The van der Waals surface area contributed by atoms with Crippen molar-refractivity contribution in [1.82, 2.24) is 9.29 Å². The minimum Gasteiger partial charge on any atom is -0.325 e. The molecule has 0 radical (unpaired) electrons. The first kappa shape index (κ1) is 21.3. The van der Waals surface area contributed by atoms with E-state index in [9.17, 15) is 23.3 Å². The van der Waals surface area contributed by atoms with Crippen LogP contribution in [0.15, 0.2) is 65.8 Å². The SMILES string of the molecule is CCCN(CC(=O)Nc1ccc([N+](=O)[O-])cc1)S(=O)(=O)c1cccc2cnccc12. The minimum absolute atomic E-state index is 0.103. The Labute approximate surface area is 173 Å². The fraction of sp³-hybridized carbons (Fsp3) is 0.200. The molecule has 1 amide bonds. The normalized spacial score (nSPS) is 11.5. The molecule has 9 nitrogen and oxygen atoms in total. The van der Waals surface area contributed by atoms with E-state index in [2.05, 4.69) is 10.3 Å². The Balaban J connectivity index is 1.83. The average Bonchev–Trinajstić information content (AvgIpc) is 2.73. The highest BCUT2D eigenvalue weighted by Gasteiger charge is 2.27. The van der Waals surface area contributed by atoms with Crippen LogP contribution in [0.25, 0.3) is 10.8 Å². The van der Waals surface area contributed by atoms with Crippen molar-refractivity contribution >= 4 is 38.1 Å². The van der Waals surface area contributed by atoms with E-state index in [1.165, 1.54) is 36.5 Å². The standard InChI is InChI=1S/C20H20N4O5S/c1-2-12-23(14-20(25)22-16-6-8-17(9-7-16)24(26)27)30(28,29)19-5-3-4-15-13-21-11-10-18(15)19/h3-11,13H,2,12,14H2,1H3,(H,22,25). The quantitative estimate of drug-likeness (QED) is 0.434. The molecule has 0 fully saturated rings. The molecular weight excluding hydrogens is 408 g/mol. The maximum absolute atomic E-state index is 13.3. The van der Waals surface area contributed by atoms with Gasteiger partial charge in [-0.2, -0.15) is 4.31 Å². The molecule has 3 aromatic rings. The number of sulfonamides is 1. The first-order valence-electron chi connectivity index (χ1n) is 9.20. The van der Waals surface area contributed by atoms with E-state index in [-0.39, 0.29) is 23.7 Å². The third-order valence-electron chi connectivity index (χ3n) is 4.41. The van der Waals surface area contributed by atoms with Gasteiger partial charge >= 0.3 is 0 Å². The van der Waals surface area contributed by atoms with Crippen molar-refractivity contribution in [3.63, 3.8) is 0 Å². The third-order valence-corrected chi connectivity index (χ3v) is 6.32. The van der Waals surface area contributed by atoms with E-state index in [1.54, 1.807) is 24.4 Å². The molecule has 1 heterocycles. The van der Waals surface area contributed by atoms with E-state index in [0.717, 1.165) is 4.31 Å². The number of hydrogen-bond donors (Lipinski definition) is 1. The Morgan fingerprint density at radius 1 is 1.17 bits per heavy atom. The topological polar surface area (TPSA) is 123 Å². The van der Waals surface area contributed by atoms with Gasteiger partial charge in [-0.3, -0.25) is 19.9 Å². The van der Waals surface area contributed by atoms with Crippen molar-refractivity contribution < 1.29 is 18.1 Å². The molecule has 1 N–H and O–H groups in total. The van der Waals surface area contributed by atoms with E-state index in [1.807, 2.05) is 6.92 Å². The number of anilines is 1. The number of nitrogens with one attached hydrogen (secondary N) is 1. The molecule has 2 aromatic carbocycles. The molecule has 10 heteroatoms. The Kier molecular flexibility index (Phi) is 6.38. The second kappa shape index (κ2) is 8.97. The van der Waals surface area contributed by atoms with Gasteiger partial charge in [0.2, 0.25) is 15.9 Å². The summed E-state index contributed by atoms with van der Waals surface area (Å²) in [5.41, 5.74) is 0.240. The number of non-ortho nitro benzene ring substituents is 1. The Hall–Kier alpha value is -3.37. The summed E-state index contributed by atoms with van der Waals surface area (Å²) in [7, 11) is -3.94. The second-order valence-electron chi connectivity index (χ2n) is 6.54. The number of carbonyl (C=O) groups excluding carboxylic acids is 1. The second-order valence-corrected chi connectivity index (χ2v) is 8.45. The largest absolute Gasteiger partial charge is 0.325 e. The van der Waals surface area contributed by atoms with Crippen LogP contribution in [0.3, 0.4) is 0 Å². The zero-order valence-electron chi connectivity index (χ0n) is 16.2. The smallest absolute Gasteiger partial charge is 0.269 e. The van der Waals surface area contributed by atoms with Gasteiger partial charge in [-0.05, 0) is 30.7 Å². The lowest BCUT2D eigenvalue weighted by Crippen LogP contribution is -2.38. The van der Waals surface area contributed by atoms with E-state index < -0.39 is 20.9 Å². The zero-order chi connectivity index (χ0) is 21.7. The number of amides is 1. The number of rotatable bonds is 8. The van der Waals surface area contributed by atoms with Crippen LogP contribution in [0.2, 0.25) is 0 Å². The van der Waals surface area contributed by atoms with Crippen LogP contribution in [0, 0.1) is 10.1 Å². The van der Waals surface area contributed by atoms with Crippen LogP contribution in [0.1, 0.15) is 13.3 Å². The molecule has 0 spiro atoms. The summed E-state index contributed by atoms with van der Waals surface area (Å²) in [4.78, 5) is 26.8. The van der Waals surface area contributed by atoms with Gasteiger partial charge in [0, 0.05) is 47.5 Å². The Morgan fingerprint density at radius 2 is 1.90 bits per heavy atom. The van der Waals surface area contributed by atoms with Crippen molar-refractivity contribution in [2.24, 2.45) is 0 Å². The Bertz CT molecular complexity index is 1170. The number of fused-ring (bicyclic) bond motifs is 1. The zero-order valence-corrected chi connectivity index (χ0v) is 17.0. The van der Waals surface area contributed by atoms with E-state index >= 15 is 0 Å². The molecule has 0 saturated carbocycles. The van der Waals surface area contributed by atoms with Gasteiger partial charge in [0.15, 0.2) is 0 Å². The highest BCUT2D eigenvalue weighted by molar-refractivity contribution is 7.89. The minimum atomic E-state index is -3.94. The van der Waals surface area contributed by atoms with Crippen LogP contribution in [0.4, 0.5) is 11.4 Å². The van der Waals surface area contributed by atoms with Gasteiger partial charge in [-0.15, -0.1) is 0 Å². The molecule has 1 aromatic heterocycles. The van der Waals surface area contributed by atoms with Crippen LogP contribution in [0.5, 0.6) is 0 Å². The highest BCUT2D eigenvalue weighted by Crippen LogP contribution is 2.25. The molecule has 0 atom stereocenters. The molecule has 156 valence electrons. The van der Waals surface area contributed by atoms with Gasteiger partial charge in [-0.1, -0.05) is 19.1 Å². The molecule has 0 saturated heterocycles. The van der Waals surface area contributed by atoms with Crippen molar-refractivity contribution in [2.45, 2.75) is 18.2 Å². The molecular formula is C20H20N4O5S. The monoisotopic (exact) mass is 428 g/mol. The van der Waals surface area contributed by atoms with Crippen molar-refractivity contribution in [1.29, 1.82) is 0 Å². The number of carbonyl (C=O) groups is 1. The Morgan fingerprint density at radius 3 is 2.57 bits per heavy atom. The summed E-state index contributed by atoms with van der Waals surface area (Å²) in [6, 6.07) is 11.9. The number of hydrogen-bond acceptors (Lipinski definition) is 6. The van der Waals surface area contributed by atoms with Crippen molar-refractivity contribution in [3.8, 4) is 0 Å². The molecule has 0 bridgehead atoms. The molecule has 0 aliphatic carbocycles. The third kappa shape index (κ3) is 4.61. The summed E-state index contributed by atoms with van der Waals surface area (Å²) >= 11 is 0. The van der Waals surface area contributed by atoms with Crippen molar-refractivity contribution in [3.05, 3.63) is 71.0 Å². The molecule has 30 heavy (non-hydrogen) atoms. The lowest BCUT2D eigenvalue weighted by Gasteiger charge is -2.22. The summed E-state index contributed by atoms with van der Waals surface area (Å²) in [6.45, 7) is 1.61. The summed E-state index contributed by atoms with van der Waals surface area (Å²) in [5.74, 6) is -0.539. The van der Waals surface area contributed by atoms with Crippen LogP contribution in [-0.2, 0) is 14.8 Å². The predicted octanol–water partition coefficient (Wildman–Crippen LogP) is 3.18. The van der Waals surface area contributed by atoms with Crippen LogP contribution < -0.4 is 5.32 Å². The number of nitro benzene ring substituents is 1. The fourth-order valence-corrected chi connectivity index (χ4v) is 4.72. The average molecular weight is 428 g/mol. The number of pyridine rings is 1. The first-order valence-corrected chi connectivity index (χ1v) is 10.6. The fourth-order valence-electron chi connectivity index (χ4n) is 3.02. The van der Waals surface area contributed by atoms with E-state index in [4.69, 9.17) is 0 Å². The van der Waals surface area contributed by atoms with Gasteiger partial charge in [0.25, 0.3) is 5.69 Å². The van der Waals surface area contributed by atoms with Crippen molar-refractivity contribution in [2.75, 3.05) is 18.4 Å². The maximum atomic E-state index is 13.3. The first-order chi connectivity index (χ1) is 14.3. The van der Waals surface area contributed by atoms with Gasteiger partial charge < -0.3 is 5.32 Å². The van der Waals surface area contributed by atoms with Gasteiger partial charge in [0.05, 0.1) is 16.4 Å². The van der Waals surface area contributed by atoms with Crippen LogP contribution >= 0.6 is 0 Å². The number of nitrogens with zero attached hydrogens (tertiary/aromatic N) is 3. The maximum Gasteiger partial charge on any atom is 0.269 e. The lowest BCUT2D eigenvalue weighted by atomic mass is 10.2. The summed E-state index contributed by atoms with van der Waals surface area (Å²) < 4.78 is 27.7. The van der Waals surface area contributed by atoms with Gasteiger partial charge in [-0.25, -0.2) is 8.42 Å². The highest BCUT2D eigenvalue weighted by atomic mass is 32.2. The number of benzene rings is 2. The van der Waals surface area contributed by atoms with Crippen LogP contribution in [-0.4, -0.2) is 41.6 Å². The van der Waals surface area contributed by atoms with E-state index in [0.29, 0.717) is 22.9 Å². The molecule has 0 aliphatic heterocycles. The summed E-state index contributed by atoms with van der Waals surface area (Å²) in [5, 5.41) is 14.5. The lowest BCUT2D eigenvalue weighted by molar-refractivity contribution is -0.384. The number of aromatic nitrogens is 1. The molecule has 3 rings (SSSR count). The number of nitro groups is 1. The molecule has 0 aliphatic rings. The summed E-state index contributed by atoms with van der Waals surface area (Å²) in [6.07, 6.45) is 3.63.